The van der Waals surface area contributed by atoms with Gasteiger partial charge in [0.1, 0.15) is 11.5 Å². The van der Waals surface area contributed by atoms with Gasteiger partial charge < -0.3 is 4.74 Å². The van der Waals surface area contributed by atoms with Crippen LogP contribution in [-0.2, 0) is 4.79 Å². The number of methoxy groups -OCH3 is 1. The van der Waals surface area contributed by atoms with E-state index in [4.69, 9.17) is 4.74 Å². The second-order valence-corrected chi connectivity index (χ2v) is 4.62. The quantitative estimate of drug-likeness (QED) is 0.762. The molecule has 1 saturated carbocycles. The molecule has 0 amide bonds. The maximum Gasteiger partial charge on any atom is 0.136 e. The van der Waals surface area contributed by atoms with E-state index >= 15 is 0 Å². The van der Waals surface area contributed by atoms with Gasteiger partial charge in [-0.3, -0.25) is 4.79 Å². The Balaban J connectivity index is 2.31. The Morgan fingerprint density at radius 1 is 1.38 bits per heavy atom. The summed E-state index contributed by atoms with van der Waals surface area (Å²) < 4.78 is 5.19. The van der Waals surface area contributed by atoms with Crippen LogP contribution in [0, 0.1) is 12.8 Å². The van der Waals surface area contributed by atoms with Crippen molar-refractivity contribution in [2.75, 3.05) is 7.11 Å². The Morgan fingerprint density at radius 2 is 2.12 bits per heavy atom. The molecule has 0 saturated heterocycles. The van der Waals surface area contributed by atoms with Gasteiger partial charge in [0.2, 0.25) is 0 Å². The lowest BCUT2D eigenvalue weighted by Crippen LogP contribution is -2.10. The Morgan fingerprint density at radius 3 is 2.62 bits per heavy atom. The molecule has 0 bridgehead atoms. The van der Waals surface area contributed by atoms with Gasteiger partial charge in [-0.15, -0.1) is 0 Å². The number of Topliss-reactive ketones (excluding diaryl/α,β-unsaturated/α-hetero) is 1. The van der Waals surface area contributed by atoms with Crippen LogP contribution in [-0.4, -0.2) is 12.9 Å². The predicted molar refractivity (Wildman–Crippen MR) is 63.9 cm³/mol. The molecule has 1 aliphatic carbocycles. The molecule has 2 rings (SSSR count). The predicted octanol–water partition coefficient (Wildman–Crippen LogP) is 3.09. The first-order valence-electron chi connectivity index (χ1n) is 5.80. The molecule has 1 aromatic carbocycles. The van der Waals surface area contributed by atoms with Gasteiger partial charge in [-0.25, -0.2) is 0 Å². The van der Waals surface area contributed by atoms with E-state index in [-0.39, 0.29) is 5.92 Å². The lowest BCUT2D eigenvalue weighted by Gasteiger charge is -2.17. The Kier molecular flexibility index (Phi) is 2.99. The fourth-order valence-electron chi connectivity index (χ4n) is 2.62. The van der Waals surface area contributed by atoms with Crippen LogP contribution in [0.25, 0.3) is 0 Å². The van der Waals surface area contributed by atoms with E-state index in [1.807, 2.05) is 19.1 Å². The molecule has 1 aromatic rings. The summed E-state index contributed by atoms with van der Waals surface area (Å²) in [4.78, 5) is 11.6. The number of carbonyl (C=O) groups excluding carboxylic acids is 1. The molecular formula is C14H18O2. The van der Waals surface area contributed by atoms with Crippen molar-refractivity contribution in [3.05, 3.63) is 29.3 Å². The van der Waals surface area contributed by atoms with Crippen molar-refractivity contribution in [2.24, 2.45) is 5.92 Å². The van der Waals surface area contributed by atoms with Gasteiger partial charge in [-0.1, -0.05) is 13.0 Å². The largest absolute Gasteiger partial charge is 0.497 e. The normalized spacial score (nSPS) is 24.8. The van der Waals surface area contributed by atoms with Crippen LogP contribution in [0.4, 0.5) is 0 Å². The summed E-state index contributed by atoms with van der Waals surface area (Å²) in [6.45, 7) is 4.14. The molecule has 0 spiro atoms. The SMILES string of the molecule is COc1ccc(C2CCC(=O)C2C)c(C)c1. The number of rotatable bonds is 2. The zero-order valence-electron chi connectivity index (χ0n) is 10.1. The summed E-state index contributed by atoms with van der Waals surface area (Å²) >= 11 is 0. The van der Waals surface area contributed by atoms with Crippen molar-refractivity contribution in [3.8, 4) is 5.75 Å². The van der Waals surface area contributed by atoms with Gasteiger partial charge in [0.05, 0.1) is 7.11 Å². The van der Waals surface area contributed by atoms with Crippen LogP contribution in [0.3, 0.4) is 0 Å². The highest BCUT2D eigenvalue weighted by atomic mass is 16.5. The Labute approximate surface area is 96.6 Å². The first-order valence-corrected chi connectivity index (χ1v) is 5.80. The number of hydrogen-bond donors (Lipinski definition) is 0. The van der Waals surface area contributed by atoms with E-state index in [0.29, 0.717) is 11.7 Å². The molecule has 2 unspecified atom stereocenters. The first kappa shape index (κ1) is 11.2. The minimum absolute atomic E-state index is 0.173. The van der Waals surface area contributed by atoms with Gasteiger partial charge in [0.15, 0.2) is 0 Å². The Hall–Kier alpha value is -1.31. The molecule has 0 aromatic heterocycles. The van der Waals surface area contributed by atoms with E-state index in [2.05, 4.69) is 13.0 Å². The molecule has 0 heterocycles. The van der Waals surface area contributed by atoms with E-state index in [1.54, 1.807) is 7.11 Å². The monoisotopic (exact) mass is 218 g/mol. The molecule has 0 N–H and O–H groups in total. The van der Waals surface area contributed by atoms with Crippen LogP contribution in [0.1, 0.15) is 36.8 Å². The Bertz CT molecular complexity index is 409. The maximum absolute atomic E-state index is 11.6. The minimum Gasteiger partial charge on any atom is -0.497 e. The number of benzene rings is 1. The number of aryl methyl sites for hydroxylation is 1. The van der Waals surface area contributed by atoms with Crippen LogP contribution >= 0.6 is 0 Å². The molecule has 0 aliphatic heterocycles. The molecule has 1 fully saturated rings. The van der Waals surface area contributed by atoms with Crippen molar-refractivity contribution in [2.45, 2.75) is 32.6 Å². The van der Waals surface area contributed by atoms with Gasteiger partial charge >= 0.3 is 0 Å². The average molecular weight is 218 g/mol. The third-order valence-corrected chi connectivity index (χ3v) is 3.69. The molecular weight excluding hydrogens is 200 g/mol. The lowest BCUT2D eigenvalue weighted by molar-refractivity contribution is -0.120. The molecule has 2 atom stereocenters. The smallest absolute Gasteiger partial charge is 0.136 e. The molecule has 1 aliphatic rings. The van der Waals surface area contributed by atoms with E-state index in [9.17, 15) is 4.79 Å². The van der Waals surface area contributed by atoms with Crippen molar-refractivity contribution in [1.29, 1.82) is 0 Å². The summed E-state index contributed by atoms with van der Waals surface area (Å²) in [5.41, 5.74) is 2.53. The second kappa shape index (κ2) is 4.28. The standard InChI is InChI=1S/C14H18O2/c1-9-8-11(16-3)4-5-12(9)13-6-7-14(15)10(13)2/h4-5,8,10,13H,6-7H2,1-3H3. The van der Waals surface area contributed by atoms with Crippen LogP contribution in [0.15, 0.2) is 18.2 Å². The molecule has 16 heavy (non-hydrogen) atoms. The highest BCUT2D eigenvalue weighted by Gasteiger charge is 2.32. The van der Waals surface area contributed by atoms with Gasteiger partial charge in [-0.2, -0.15) is 0 Å². The third-order valence-electron chi connectivity index (χ3n) is 3.69. The third kappa shape index (κ3) is 1.84. The average Bonchev–Trinajstić information content (AvgIpc) is 2.60. The van der Waals surface area contributed by atoms with Crippen molar-refractivity contribution in [3.63, 3.8) is 0 Å². The van der Waals surface area contributed by atoms with Crippen LogP contribution < -0.4 is 4.74 Å². The number of ketones is 1. The number of ether oxygens (including phenoxy) is 1. The highest BCUT2D eigenvalue weighted by Crippen LogP contribution is 2.39. The number of hydrogen-bond acceptors (Lipinski definition) is 2. The summed E-state index contributed by atoms with van der Waals surface area (Å²) in [6, 6.07) is 6.14. The number of carbonyl (C=O) groups is 1. The van der Waals surface area contributed by atoms with Crippen molar-refractivity contribution >= 4 is 5.78 Å². The molecule has 2 heteroatoms. The van der Waals surface area contributed by atoms with Gasteiger partial charge in [0, 0.05) is 12.3 Å². The summed E-state index contributed by atoms with van der Waals surface area (Å²) in [6.07, 6.45) is 1.73. The fourth-order valence-corrected chi connectivity index (χ4v) is 2.62. The highest BCUT2D eigenvalue weighted by molar-refractivity contribution is 5.84. The fraction of sp³-hybridized carbons (Fsp3) is 0.500. The molecule has 86 valence electrons. The first-order chi connectivity index (χ1) is 7.63. The molecule has 0 radical (unpaired) electrons. The van der Waals surface area contributed by atoms with Gasteiger partial charge in [0.25, 0.3) is 0 Å². The maximum atomic E-state index is 11.6. The zero-order chi connectivity index (χ0) is 11.7. The zero-order valence-corrected chi connectivity index (χ0v) is 10.1. The summed E-state index contributed by atoms with van der Waals surface area (Å²) in [7, 11) is 1.68. The summed E-state index contributed by atoms with van der Waals surface area (Å²) in [5.74, 6) is 1.86. The molecule has 2 nitrogen and oxygen atoms in total. The van der Waals surface area contributed by atoms with E-state index in [0.717, 1.165) is 18.6 Å². The lowest BCUT2D eigenvalue weighted by atomic mass is 9.87. The van der Waals surface area contributed by atoms with Gasteiger partial charge in [-0.05, 0) is 42.5 Å². The topological polar surface area (TPSA) is 26.3 Å². The summed E-state index contributed by atoms with van der Waals surface area (Å²) in [5, 5.41) is 0. The van der Waals surface area contributed by atoms with Crippen LogP contribution in [0.2, 0.25) is 0 Å². The van der Waals surface area contributed by atoms with E-state index < -0.39 is 0 Å². The van der Waals surface area contributed by atoms with E-state index in [1.165, 1.54) is 11.1 Å². The minimum atomic E-state index is 0.173. The second-order valence-electron chi connectivity index (χ2n) is 4.62. The van der Waals surface area contributed by atoms with Crippen molar-refractivity contribution < 1.29 is 9.53 Å². The van der Waals surface area contributed by atoms with Crippen molar-refractivity contribution in [1.82, 2.24) is 0 Å². The van der Waals surface area contributed by atoms with Crippen LogP contribution in [0.5, 0.6) is 5.75 Å².